The molecule has 40 heavy (non-hydrogen) atoms. The first-order chi connectivity index (χ1) is 18.3. The predicted octanol–water partition coefficient (Wildman–Crippen LogP) is -4.37. The van der Waals surface area contributed by atoms with Gasteiger partial charge in [0.15, 0.2) is 6.73 Å². The second kappa shape index (κ2) is 9.46. The van der Waals surface area contributed by atoms with Crippen LogP contribution < -0.4 is 0 Å². The molecule has 0 saturated heterocycles. The highest BCUT2D eigenvalue weighted by atomic mass is 16.5. The Morgan fingerprint density at radius 1 is 1.02 bits per heavy atom. The summed E-state index contributed by atoms with van der Waals surface area (Å²) in [6.45, 7) is 5.57. The maximum absolute atomic E-state index is 12.3. The number of nitrogens with zero attached hydrogens (tertiary/aromatic N) is 6. The van der Waals surface area contributed by atoms with Crippen LogP contribution in [-0.4, -0.2) is 101 Å². The number of hydrogen-bond donors (Lipinski definition) is 0. The third kappa shape index (κ3) is 3.99. The Morgan fingerprint density at radius 2 is 1.62 bits per heavy atom. The van der Waals surface area contributed by atoms with Gasteiger partial charge in [-0.25, -0.2) is 9.97 Å². The monoisotopic (exact) mass is 528 g/mol. The van der Waals surface area contributed by atoms with Gasteiger partial charge in [-0.15, -0.1) is 10.4 Å². The van der Waals surface area contributed by atoms with E-state index in [1.807, 2.05) is 54.7 Å². The van der Waals surface area contributed by atoms with E-state index in [0.717, 1.165) is 16.6 Å². The Morgan fingerprint density at radius 3 is 2.17 bits per heavy atom. The van der Waals surface area contributed by atoms with Crippen molar-refractivity contribution in [1.82, 2.24) is 24.3 Å². The van der Waals surface area contributed by atoms with Crippen LogP contribution in [0.4, 0.5) is 0 Å². The average molecular weight is 527 g/mol. The van der Waals surface area contributed by atoms with Gasteiger partial charge in [0.25, 0.3) is 0 Å². The first-order valence-corrected chi connectivity index (χ1v) is 14.2. The van der Waals surface area contributed by atoms with Gasteiger partial charge in [0.05, 0.1) is 98.6 Å². The van der Waals surface area contributed by atoms with Gasteiger partial charge in [0, 0.05) is 23.3 Å². The Hall–Kier alpha value is -2.63. The highest BCUT2D eigenvalue weighted by molar-refractivity contribution is 6.71. The molecule has 3 aromatic rings. The Kier molecular flexibility index (Phi) is 7.17. The number of aromatic nitrogens is 5. The van der Waals surface area contributed by atoms with E-state index in [4.69, 9.17) is 9.84 Å². The molecule has 1 atom stereocenters. The molecule has 3 aromatic heterocycles. The molecule has 0 aromatic carbocycles. The number of carbonyl (C=O) groups is 1. The van der Waals surface area contributed by atoms with Crippen LogP contribution in [0.25, 0.3) is 22.3 Å². The fraction of sp³-hybridized carbons (Fsp3) is 0.522. The van der Waals surface area contributed by atoms with Gasteiger partial charge in [-0.1, -0.05) is 15.7 Å². The number of rotatable bonds is 6. The fourth-order valence-corrected chi connectivity index (χ4v) is 7.44. The normalized spacial score (nSPS) is 20.9. The van der Waals surface area contributed by atoms with Crippen molar-refractivity contribution in [3.63, 3.8) is 0 Å². The van der Waals surface area contributed by atoms with Gasteiger partial charge in [0.2, 0.25) is 0 Å². The minimum Gasteiger partial charge on any atom is -0.443 e. The SMILES string of the molecule is BC1(B)C(B)(B)C(B)(B)C(B)([C@@H](CC#N)n2cc(-c3ncnc4c3ccn4COC(=O)C(C)(C)C)cn2)C1(B)B. The Labute approximate surface area is 246 Å². The van der Waals surface area contributed by atoms with Crippen molar-refractivity contribution in [3.05, 3.63) is 31.0 Å². The Balaban J connectivity index is 1.76. The third-order valence-corrected chi connectivity index (χ3v) is 11.9. The van der Waals surface area contributed by atoms with E-state index in [2.05, 4.69) is 86.7 Å². The lowest BCUT2D eigenvalue weighted by Gasteiger charge is -2.55. The lowest BCUT2D eigenvalue weighted by molar-refractivity contribution is -0.156. The summed E-state index contributed by atoms with van der Waals surface area (Å²) >= 11 is 0. The molecule has 198 valence electrons. The molecule has 1 fully saturated rings. The lowest BCUT2D eigenvalue weighted by atomic mass is 9.17. The van der Waals surface area contributed by atoms with E-state index in [-0.39, 0.29) is 44.9 Å². The van der Waals surface area contributed by atoms with Crippen LogP contribution >= 0.6 is 0 Å². The topological polar surface area (TPSA) is 98.6 Å². The summed E-state index contributed by atoms with van der Waals surface area (Å²) in [6, 6.07) is 4.28. The van der Waals surface area contributed by atoms with Crippen molar-refractivity contribution in [2.45, 2.75) is 66.1 Å². The standard InChI is InChI=1S/C23H37B9N6O2/c1-18(2,3)17(39)40-11-37-7-5-13-15(34-10-35-16(13)37)12-8-36-38(9-12)14(4-6-33)19(24)20(25,26)22(29,30)23(31,32)21(19,27)28/h5,7-10,14H,4,11,24-32H2,1-3H3/t14-/m1/s1. The van der Waals surface area contributed by atoms with Crippen molar-refractivity contribution in [2.24, 2.45) is 5.41 Å². The average Bonchev–Trinajstić information content (AvgIpc) is 3.52. The van der Waals surface area contributed by atoms with Crippen LogP contribution in [-0.2, 0) is 16.3 Å². The summed E-state index contributed by atoms with van der Waals surface area (Å²) in [7, 11) is 21.3. The number of hydrogen-bond acceptors (Lipinski definition) is 6. The summed E-state index contributed by atoms with van der Waals surface area (Å²) in [5.41, 5.74) is 1.71. The van der Waals surface area contributed by atoms with E-state index >= 15 is 0 Å². The van der Waals surface area contributed by atoms with E-state index < -0.39 is 5.41 Å². The lowest BCUT2D eigenvalue weighted by Crippen LogP contribution is -2.45. The van der Waals surface area contributed by atoms with Crippen molar-refractivity contribution in [2.75, 3.05) is 0 Å². The molecule has 3 heterocycles. The van der Waals surface area contributed by atoms with Crippen LogP contribution in [0.1, 0.15) is 33.2 Å². The van der Waals surface area contributed by atoms with Crippen molar-refractivity contribution < 1.29 is 9.53 Å². The molecule has 17 heteroatoms. The maximum Gasteiger partial charge on any atom is 0.312 e. The predicted molar refractivity (Wildman–Crippen MR) is 184 cm³/mol. The minimum atomic E-state index is -0.582. The van der Waals surface area contributed by atoms with Gasteiger partial charge in [-0.3, -0.25) is 14.0 Å². The zero-order valence-electron chi connectivity index (χ0n) is 26.4. The molecular formula is C23H37B9N6O2. The van der Waals surface area contributed by atoms with Gasteiger partial charge in [-0.2, -0.15) is 10.4 Å². The molecule has 0 amide bonds. The number of carbonyl (C=O) groups excluding carboxylic acids is 1. The molecule has 0 radical (unpaired) electrons. The summed E-state index contributed by atoms with van der Waals surface area (Å²) < 4.78 is 9.33. The van der Waals surface area contributed by atoms with E-state index in [1.165, 1.54) is 6.33 Å². The van der Waals surface area contributed by atoms with Gasteiger partial charge in [0.1, 0.15) is 19.8 Å². The van der Waals surface area contributed by atoms with Crippen molar-refractivity contribution in [3.8, 4) is 17.3 Å². The highest BCUT2D eigenvalue weighted by Crippen LogP contribution is 2.88. The molecule has 8 nitrogen and oxygen atoms in total. The summed E-state index contributed by atoms with van der Waals surface area (Å²) in [6.07, 6.45) is 7.59. The first kappa shape index (κ1) is 30.3. The van der Waals surface area contributed by atoms with Crippen LogP contribution in [0.2, 0.25) is 26.2 Å². The van der Waals surface area contributed by atoms with Crippen LogP contribution in [0, 0.1) is 16.7 Å². The molecular weight excluding hydrogens is 490 g/mol. The molecule has 1 aliphatic carbocycles. The first-order valence-electron chi connectivity index (χ1n) is 14.2. The molecule has 1 saturated carbocycles. The van der Waals surface area contributed by atoms with Gasteiger partial charge >= 0.3 is 5.97 Å². The number of nitriles is 1. The number of ether oxygens (including phenoxy) is 1. The largest absolute Gasteiger partial charge is 0.443 e. The van der Waals surface area contributed by atoms with E-state index in [9.17, 15) is 10.1 Å². The summed E-state index contributed by atoms with van der Waals surface area (Å²) in [5, 5.41) is 15.3. The molecule has 1 aliphatic rings. The van der Waals surface area contributed by atoms with Gasteiger partial charge in [-0.05, 0) is 26.8 Å². The number of fused-ring (bicyclic) bond motifs is 1. The highest BCUT2D eigenvalue weighted by Gasteiger charge is 2.73. The van der Waals surface area contributed by atoms with E-state index in [1.54, 1.807) is 0 Å². The Bertz CT molecular complexity index is 1480. The minimum absolute atomic E-state index is 0.000113. The van der Waals surface area contributed by atoms with Crippen LogP contribution in [0.5, 0.6) is 0 Å². The second-order valence-electron chi connectivity index (χ2n) is 14.8. The number of esters is 1. The maximum atomic E-state index is 12.3. The molecule has 0 N–H and O–H groups in total. The third-order valence-electron chi connectivity index (χ3n) is 11.9. The van der Waals surface area contributed by atoms with Gasteiger partial charge < -0.3 is 4.74 Å². The molecule has 0 aliphatic heterocycles. The zero-order chi connectivity index (χ0) is 30.1. The molecule has 0 bridgehead atoms. The molecule has 0 unspecified atom stereocenters. The molecule has 4 rings (SSSR count). The quantitative estimate of drug-likeness (QED) is 0.238. The summed E-state index contributed by atoms with van der Waals surface area (Å²) in [4.78, 5) is 21.4. The van der Waals surface area contributed by atoms with Crippen LogP contribution in [0.15, 0.2) is 31.0 Å². The molecule has 0 spiro atoms. The van der Waals surface area contributed by atoms with E-state index in [0.29, 0.717) is 12.1 Å². The summed E-state index contributed by atoms with van der Waals surface area (Å²) in [5.74, 6) is -0.272. The van der Waals surface area contributed by atoms with Crippen molar-refractivity contribution in [1.29, 1.82) is 5.26 Å². The van der Waals surface area contributed by atoms with Crippen molar-refractivity contribution >= 4 is 87.6 Å². The zero-order valence-corrected chi connectivity index (χ0v) is 26.4. The fourth-order valence-electron chi connectivity index (χ4n) is 7.44. The van der Waals surface area contributed by atoms with Crippen LogP contribution in [0.3, 0.4) is 0 Å². The second-order valence-corrected chi connectivity index (χ2v) is 14.8. The smallest absolute Gasteiger partial charge is 0.312 e.